The molecule has 0 aromatic rings. The van der Waals surface area contributed by atoms with E-state index in [4.69, 9.17) is 9.16 Å². The number of carboxylic acid groups (broad SMARTS) is 1. The second kappa shape index (κ2) is 7.77. The summed E-state index contributed by atoms with van der Waals surface area (Å²) in [6.07, 6.45) is 4.83. The number of hydrogen-bond donors (Lipinski definition) is 1. The van der Waals surface area contributed by atoms with Crippen molar-refractivity contribution in [2.45, 2.75) is 91.5 Å². The number of carboxylic acids is 1. The molecule has 170 valence electrons. The summed E-state index contributed by atoms with van der Waals surface area (Å²) in [5.74, 6) is -1.26. The van der Waals surface area contributed by atoms with Gasteiger partial charge in [0, 0.05) is 6.92 Å². The van der Waals surface area contributed by atoms with Gasteiger partial charge in [-0.2, -0.15) is 0 Å². The van der Waals surface area contributed by atoms with E-state index in [0.717, 1.165) is 43.0 Å². The highest BCUT2D eigenvalue weighted by atomic mass is 28.4. The Kier molecular flexibility index (Phi) is 6.09. The Bertz CT molecular complexity index is 736. The minimum absolute atomic E-state index is 0.136. The van der Waals surface area contributed by atoms with Crippen molar-refractivity contribution >= 4 is 20.3 Å². The summed E-state index contributed by atoms with van der Waals surface area (Å²) in [4.78, 5) is 24.8. The first-order valence-electron chi connectivity index (χ1n) is 11.7. The first-order chi connectivity index (χ1) is 14.0. The minimum Gasteiger partial charge on any atom is -0.481 e. The number of rotatable bonds is 8. The maximum Gasteiger partial charge on any atom is 0.310 e. The molecule has 2 saturated carbocycles. The predicted molar refractivity (Wildman–Crippen MR) is 120 cm³/mol. The maximum atomic E-state index is 12.9. The summed E-state index contributed by atoms with van der Waals surface area (Å²) < 4.78 is 13.1. The van der Waals surface area contributed by atoms with Crippen LogP contribution in [0.4, 0.5) is 0 Å². The van der Waals surface area contributed by atoms with Crippen molar-refractivity contribution in [1.82, 2.24) is 0 Å². The number of ether oxygens (including phenoxy) is 1. The molecule has 0 spiro atoms. The average molecular weight is 437 g/mol. The zero-order valence-electron chi connectivity index (χ0n) is 19.8. The van der Waals surface area contributed by atoms with Crippen molar-refractivity contribution in [2.24, 2.45) is 28.6 Å². The molecule has 0 amide bonds. The fourth-order valence-electron chi connectivity index (χ4n) is 7.77. The zero-order valence-corrected chi connectivity index (χ0v) is 20.8. The van der Waals surface area contributed by atoms with Crippen molar-refractivity contribution < 1.29 is 23.9 Å². The Hall–Kier alpha value is -1.14. The third-order valence-corrected chi connectivity index (χ3v) is 14.2. The summed E-state index contributed by atoms with van der Waals surface area (Å²) in [7, 11) is -2.14. The molecule has 1 N–H and O–H groups in total. The lowest BCUT2D eigenvalue weighted by Gasteiger charge is -2.57. The van der Waals surface area contributed by atoms with Crippen LogP contribution in [0.2, 0.25) is 18.1 Å². The normalized spacial score (nSPS) is 40.1. The Morgan fingerprint density at radius 2 is 1.83 bits per heavy atom. The quantitative estimate of drug-likeness (QED) is 0.313. The van der Waals surface area contributed by atoms with Gasteiger partial charge in [0.1, 0.15) is 6.61 Å². The second-order valence-corrected chi connectivity index (χ2v) is 14.9. The van der Waals surface area contributed by atoms with Crippen LogP contribution in [-0.2, 0) is 18.8 Å². The minimum atomic E-state index is -2.14. The molecule has 1 unspecified atom stereocenters. The highest BCUT2D eigenvalue weighted by molar-refractivity contribution is 6.73. The molecule has 0 aromatic carbocycles. The van der Waals surface area contributed by atoms with E-state index in [1.54, 1.807) is 0 Å². The van der Waals surface area contributed by atoms with E-state index < -0.39 is 31.2 Å². The van der Waals surface area contributed by atoms with Crippen LogP contribution < -0.4 is 0 Å². The average Bonchev–Trinajstić information content (AvgIpc) is 3.03. The Labute approximate surface area is 182 Å². The Morgan fingerprint density at radius 3 is 2.33 bits per heavy atom. The molecule has 0 aliphatic heterocycles. The molecule has 3 aliphatic rings. The summed E-state index contributed by atoms with van der Waals surface area (Å²) in [6.45, 7) is 14.7. The molecule has 2 bridgehead atoms. The molecular formula is C24H40O5Si. The first-order valence-corrected chi connectivity index (χ1v) is 14.3. The Balaban J connectivity index is 2.30. The Morgan fingerprint density at radius 1 is 1.23 bits per heavy atom. The van der Waals surface area contributed by atoms with Gasteiger partial charge in [-0.1, -0.05) is 46.3 Å². The number of esters is 1. The summed E-state index contributed by atoms with van der Waals surface area (Å²) >= 11 is 0. The standard InChI is InChI=1S/C24H40O5Si/c1-8-30(9-2,10-3)29-24-14-17(5)22(7,20(24)21(26)27)19-13-11-12-16(4)23(19,24)15-28-18(6)25/h12,17,19-20H,8-11,13-15H2,1-7H3,(H,26,27)/t17-,19-,20?,22+,23-,24-/m0/s1. The fraction of sp³-hybridized carbons (Fsp3) is 0.833. The van der Waals surface area contributed by atoms with Crippen LogP contribution in [-0.4, -0.2) is 37.6 Å². The van der Waals surface area contributed by atoms with Gasteiger partial charge in [0.05, 0.1) is 16.9 Å². The molecule has 0 heterocycles. The van der Waals surface area contributed by atoms with Gasteiger partial charge in [0.2, 0.25) is 0 Å². The first kappa shape index (κ1) is 23.5. The van der Waals surface area contributed by atoms with E-state index >= 15 is 0 Å². The third-order valence-electron chi connectivity index (χ3n) is 9.55. The molecular weight excluding hydrogens is 396 g/mol. The number of allylic oxidation sites excluding steroid dienone is 1. The van der Waals surface area contributed by atoms with Crippen LogP contribution in [0, 0.1) is 28.6 Å². The topological polar surface area (TPSA) is 72.8 Å². The number of aliphatic carboxylic acids is 1. The van der Waals surface area contributed by atoms with Gasteiger partial charge in [-0.25, -0.2) is 0 Å². The summed E-state index contributed by atoms with van der Waals surface area (Å²) in [6, 6.07) is 2.91. The van der Waals surface area contributed by atoms with Gasteiger partial charge in [-0.05, 0) is 61.6 Å². The van der Waals surface area contributed by atoms with Gasteiger partial charge in [-0.3, -0.25) is 9.59 Å². The number of carbonyl (C=O) groups is 2. The molecule has 2 fully saturated rings. The molecule has 30 heavy (non-hydrogen) atoms. The lowest BCUT2D eigenvalue weighted by Crippen LogP contribution is -2.62. The number of carbonyl (C=O) groups excluding carboxylic acids is 1. The van der Waals surface area contributed by atoms with E-state index in [9.17, 15) is 14.7 Å². The number of hydrogen-bond acceptors (Lipinski definition) is 4. The lowest BCUT2D eigenvalue weighted by molar-refractivity contribution is -0.163. The van der Waals surface area contributed by atoms with Crippen molar-refractivity contribution in [3.05, 3.63) is 11.6 Å². The molecule has 3 aliphatic carbocycles. The predicted octanol–water partition coefficient (Wildman–Crippen LogP) is 5.41. The SMILES string of the molecule is CC[Si](CC)(CC)O[C@@]12C[C@H](C)[C@@](C)(C1C(=O)O)[C@@H]1CCC=C(C)[C@@]12COC(C)=O. The second-order valence-electron chi connectivity index (χ2n) is 10.2. The summed E-state index contributed by atoms with van der Waals surface area (Å²) in [5, 5.41) is 10.6. The molecule has 3 rings (SSSR count). The molecule has 0 saturated heterocycles. The molecule has 0 radical (unpaired) electrons. The largest absolute Gasteiger partial charge is 0.481 e. The maximum absolute atomic E-state index is 12.9. The van der Waals surface area contributed by atoms with E-state index in [-0.39, 0.29) is 29.8 Å². The van der Waals surface area contributed by atoms with Gasteiger partial charge in [0.25, 0.3) is 0 Å². The molecule has 5 nitrogen and oxygen atoms in total. The lowest BCUT2D eigenvalue weighted by atomic mass is 9.52. The van der Waals surface area contributed by atoms with E-state index in [1.165, 1.54) is 6.92 Å². The van der Waals surface area contributed by atoms with Crippen molar-refractivity contribution in [3.8, 4) is 0 Å². The van der Waals surface area contributed by atoms with Crippen LogP contribution in [0.3, 0.4) is 0 Å². The van der Waals surface area contributed by atoms with E-state index in [1.807, 2.05) is 0 Å². The van der Waals surface area contributed by atoms with Crippen LogP contribution >= 0.6 is 0 Å². The highest BCUT2D eigenvalue weighted by Gasteiger charge is 2.82. The molecule has 0 aromatic heterocycles. The summed E-state index contributed by atoms with van der Waals surface area (Å²) in [5.41, 5.74) is -0.591. The van der Waals surface area contributed by atoms with Crippen LogP contribution in [0.1, 0.15) is 67.7 Å². The molecule has 6 heteroatoms. The highest BCUT2D eigenvalue weighted by Crippen LogP contribution is 2.78. The fourth-order valence-corrected chi connectivity index (χ4v) is 10.9. The van der Waals surface area contributed by atoms with Gasteiger partial charge in [0.15, 0.2) is 8.32 Å². The van der Waals surface area contributed by atoms with Crippen LogP contribution in [0.5, 0.6) is 0 Å². The van der Waals surface area contributed by atoms with E-state index in [0.29, 0.717) is 0 Å². The van der Waals surface area contributed by atoms with Gasteiger partial charge in [-0.15, -0.1) is 0 Å². The third kappa shape index (κ3) is 2.82. The van der Waals surface area contributed by atoms with Crippen molar-refractivity contribution in [3.63, 3.8) is 0 Å². The smallest absolute Gasteiger partial charge is 0.310 e. The van der Waals surface area contributed by atoms with Crippen LogP contribution in [0.15, 0.2) is 11.6 Å². The monoisotopic (exact) mass is 436 g/mol. The van der Waals surface area contributed by atoms with Crippen molar-refractivity contribution in [1.29, 1.82) is 0 Å². The van der Waals surface area contributed by atoms with Crippen molar-refractivity contribution in [2.75, 3.05) is 6.61 Å². The van der Waals surface area contributed by atoms with Gasteiger partial charge >= 0.3 is 11.9 Å². The van der Waals surface area contributed by atoms with E-state index in [2.05, 4.69) is 47.6 Å². The zero-order chi connectivity index (χ0) is 22.5. The van der Waals surface area contributed by atoms with Crippen LogP contribution in [0.25, 0.3) is 0 Å². The molecule has 6 atom stereocenters. The van der Waals surface area contributed by atoms with Gasteiger partial charge < -0.3 is 14.3 Å². The number of fused-ring (bicyclic) bond motifs is 5.